The Hall–Kier alpha value is -2.40. The summed E-state index contributed by atoms with van der Waals surface area (Å²) < 4.78 is 0. The molecule has 1 aromatic carbocycles. The number of nitrogens with two attached hydrogens (primary N) is 1. The average molecular weight is 254 g/mol. The van der Waals surface area contributed by atoms with Crippen molar-refractivity contribution in [2.75, 3.05) is 5.32 Å². The molecule has 0 saturated carbocycles. The quantitative estimate of drug-likeness (QED) is 0.765. The lowest BCUT2D eigenvalue weighted by Gasteiger charge is -2.20. The molecule has 5 heteroatoms. The summed E-state index contributed by atoms with van der Waals surface area (Å²) in [5.74, 6) is 0.624. The molecule has 0 aliphatic carbocycles. The normalized spacial score (nSPS) is 13.4. The summed E-state index contributed by atoms with van der Waals surface area (Å²) in [6.07, 6.45) is 1.70. The largest absolute Gasteiger partial charge is 0.334 e. The number of pyridine rings is 1. The van der Waals surface area contributed by atoms with Crippen LogP contribution in [0.25, 0.3) is 11.1 Å². The maximum atomic E-state index is 11.3. The predicted octanol–water partition coefficient (Wildman–Crippen LogP) is 1.84. The highest BCUT2D eigenvalue weighted by Crippen LogP contribution is 2.29. The van der Waals surface area contributed by atoms with Gasteiger partial charge in [-0.2, -0.15) is 0 Å². The Bertz CT molecular complexity index is 639. The lowest BCUT2D eigenvalue weighted by molar-refractivity contribution is 0.250. The molecule has 3 rings (SSSR count). The Labute approximate surface area is 110 Å². The van der Waals surface area contributed by atoms with Crippen molar-refractivity contribution in [2.45, 2.75) is 13.1 Å². The highest BCUT2D eigenvalue weighted by Gasteiger charge is 2.18. The van der Waals surface area contributed by atoms with Crippen LogP contribution in [0, 0.1) is 0 Å². The van der Waals surface area contributed by atoms with E-state index >= 15 is 0 Å². The van der Waals surface area contributed by atoms with E-state index in [1.807, 2.05) is 24.3 Å². The highest BCUT2D eigenvalue weighted by molar-refractivity contribution is 5.92. The van der Waals surface area contributed by atoms with E-state index in [-0.39, 0.29) is 6.03 Å². The number of aromatic nitrogens is 1. The van der Waals surface area contributed by atoms with Crippen LogP contribution >= 0.6 is 0 Å². The van der Waals surface area contributed by atoms with Crippen molar-refractivity contribution in [1.29, 1.82) is 0 Å². The number of benzene rings is 1. The summed E-state index contributed by atoms with van der Waals surface area (Å²) in [5.41, 5.74) is 9.89. The molecule has 1 aromatic heterocycles. The van der Waals surface area contributed by atoms with Crippen molar-refractivity contribution in [1.82, 2.24) is 10.3 Å². The van der Waals surface area contributed by atoms with Crippen LogP contribution in [0.2, 0.25) is 0 Å². The zero-order chi connectivity index (χ0) is 13.2. The van der Waals surface area contributed by atoms with Gasteiger partial charge in [-0.1, -0.05) is 18.2 Å². The molecular weight excluding hydrogens is 240 g/mol. The van der Waals surface area contributed by atoms with Crippen LogP contribution in [0.4, 0.5) is 10.6 Å². The minimum atomic E-state index is -0.215. The van der Waals surface area contributed by atoms with Gasteiger partial charge in [-0.15, -0.1) is 0 Å². The van der Waals surface area contributed by atoms with Crippen LogP contribution in [0.5, 0.6) is 0 Å². The fraction of sp³-hybridized carbons (Fsp3) is 0.143. The molecule has 0 bridgehead atoms. The maximum Gasteiger partial charge on any atom is 0.320 e. The lowest BCUT2D eigenvalue weighted by Crippen LogP contribution is -2.34. The second kappa shape index (κ2) is 4.70. The van der Waals surface area contributed by atoms with Crippen molar-refractivity contribution in [3.8, 4) is 11.1 Å². The molecule has 19 heavy (non-hydrogen) atoms. The van der Waals surface area contributed by atoms with Crippen LogP contribution in [0.15, 0.2) is 36.5 Å². The molecule has 1 aliphatic rings. The molecule has 4 N–H and O–H groups in total. The fourth-order valence-electron chi connectivity index (χ4n) is 2.24. The summed E-state index contributed by atoms with van der Waals surface area (Å²) in [4.78, 5) is 15.5. The number of rotatable bonds is 2. The number of urea groups is 1. The van der Waals surface area contributed by atoms with Crippen molar-refractivity contribution >= 4 is 11.8 Å². The van der Waals surface area contributed by atoms with Crippen molar-refractivity contribution in [3.05, 3.63) is 47.7 Å². The van der Waals surface area contributed by atoms with E-state index in [4.69, 9.17) is 5.73 Å². The number of anilines is 1. The third-order valence-electron chi connectivity index (χ3n) is 3.19. The van der Waals surface area contributed by atoms with E-state index in [9.17, 15) is 4.79 Å². The first kappa shape index (κ1) is 11.7. The second-order valence-electron chi connectivity index (χ2n) is 4.40. The molecule has 0 fully saturated rings. The molecular formula is C14H14N4O. The summed E-state index contributed by atoms with van der Waals surface area (Å²) in [5, 5.41) is 5.48. The number of hydrogen-bond donors (Lipinski definition) is 3. The third kappa shape index (κ3) is 2.15. The van der Waals surface area contributed by atoms with Crippen LogP contribution in [-0.4, -0.2) is 11.0 Å². The van der Waals surface area contributed by atoms with Gasteiger partial charge in [0.15, 0.2) is 0 Å². The average Bonchev–Trinajstić information content (AvgIpc) is 2.46. The predicted molar refractivity (Wildman–Crippen MR) is 73.4 cm³/mol. The van der Waals surface area contributed by atoms with Gasteiger partial charge in [0, 0.05) is 24.8 Å². The number of hydrogen-bond acceptors (Lipinski definition) is 3. The molecule has 0 atom stereocenters. The van der Waals surface area contributed by atoms with E-state index in [1.54, 1.807) is 6.20 Å². The SMILES string of the molecule is NCc1cccc(-c2ccnc3c2CNC(=O)N3)c1. The minimum absolute atomic E-state index is 0.215. The highest BCUT2D eigenvalue weighted by atomic mass is 16.2. The Morgan fingerprint density at radius 3 is 3.05 bits per heavy atom. The first-order valence-electron chi connectivity index (χ1n) is 6.10. The summed E-state index contributed by atoms with van der Waals surface area (Å²) in [7, 11) is 0. The number of fused-ring (bicyclic) bond motifs is 1. The van der Waals surface area contributed by atoms with Crippen molar-refractivity contribution < 1.29 is 4.79 Å². The molecule has 2 heterocycles. The number of carbonyl (C=O) groups excluding carboxylic acids is 1. The van der Waals surface area contributed by atoms with Gasteiger partial charge in [-0.05, 0) is 28.8 Å². The van der Waals surface area contributed by atoms with E-state index in [0.29, 0.717) is 18.9 Å². The van der Waals surface area contributed by atoms with Gasteiger partial charge in [0.1, 0.15) is 5.82 Å². The van der Waals surface area contributed by atoms with Crippen LogP contribution in [0.3, 0.4) is 0 Å². The topological polar surface area (TPSA) is 80.0 Å². The summed E-state index contributed by atoms with van der Waals surface area (Å²) >= 11 is 0. The Balaban J connectivity index is 2.10. The van der Waals surface area contributed by atoms with E-state index in [1.165, 1.54) is 0 Å². The second-order valence-corrected chi connectivity index (χ2v) is 4.40. The van der Waals surface area contributed by atoms with Crippen molar-refractivity contribution in [2.24, 2.45) is 5.73 Å². The Morgan fingerprint density at radius 2 is 2.21 bits per heavy atom. The summed E-state index contributed by atoms with van der Waals surface area (Å²) in [6, 6.07) is 9.81. The van der Waals surface area contributed by atoms with Crippen LogP contribution in [-0.2, 0) is 13.1 Å². The van der Waals surface area contributed by atoms with E-state index in [0.717, 1.165) is 22.3 Å². The van der Waals surface area contributed by atoms with Gasteiger partial charge in [0.05, 0.1) is 0 Å². The van der Waals surface area contributed by atoms with E-state index < -0.39 is 0 Å². The maximum absolute atomic E-state index is 11.3. The zero-order valence-corrected chi connectivity index (χ0v) is 10.3. The number of nitrogens with zero attached hydrogens (tertiary/aromatic N) is 1. The molecule has 2 amide bonds. The van der Waals surface area contributed by atoms with E-state index in [2.05, 4.69) is 21.7 Å². The van der Waals surface area contributed by atoms with Gasteiger partial charge >= 0.3 is 6.03 Å². The van der Waals surface area contributed by atoms with Gasteiger partial charge in [-0.3, -0.25) is 5.32 Å². The lowest BCUT2D eigenvalue weighted by atomic mass is 9.98. The Kier molecular flexibility index (Phi) is 2.89. The van der Waals surface area contributed by atoms with Gasteiger partial charge in [0.2, 0.25) is 0 Å². The standard InChI is InChI=1S/C14H14N4O/c15-7-9-2-1-3-10(6-9)11-4-5-16-13-12(11)8-17-14(19)18-13/h1-6H,7-8,15H2,(H2,16,17,18,19). The first-order valence-corrected chi connectivity index (χ1v) is 6.10. The molecule has 96 valence electrons. The first-order chi connectivity index (χ1) is 9.28. The molecule has 0 saturated heterocycles. The molecule has 0 spiro atoms. The molecule has 0 radical (unpaired) electrons. The van der Waals surface area contributed by atoms with Gasteiger partial charge in [-0.25, -0.2) is 9.78 Å². The smallest absolute Gasteiger partial charge is 0.320 e. The fourth-order valence-corrected chi connectivity index (χ4v) is 2.24. The zero-order valence-electron chi connectivity index (χ0n) is 10.3. The van der Waals surface area contributed by atoms with Gasteiger partial charge < -0.3 is 11.1 Å². The van der Waals surface area contributed by atoms with Gasteiger partial charge in [0.25, 0.3) is 0 Å². The Morgan fingerprint density at radius 1 is 1.32 bits per heavy atom. The number of amides is 2. The minimum Gasteiger partial charge on any atom is -0.334 e. The molecule has 2 aromatic rings. The summed E-state index contributed by atoms with van der Waals surface area (Å²) in [6.45, 7) is 0.993. The van der Waals surface area contributed by atoms with Crippen molar-refractivity contribution in [3.63, 3.8) is 0 Å². The molecule has 1 aliphatic heterocycles. The van der Waals surface area contributed by atoms with Crippen LogP contribution < -0.4 is 16.4 Å². The monoisotopic (exact) mass is 254 g/mol. The molecule has 0 unspecified atom stereocenters. The third-order valence-corrected chi connectivity index (χ3v) is 3.19. The number of carbonyl (C=O) groups is 1. The molecule has 5 nitrogen and oxygen atoms in total. The van der Waals surface area contributed by atoms with Crippen LogP contribution in [0.1, 0.15) is 11.1 Å². The number of nitrogens with one attached hydrogen (secondary N) is 2.